The van der Waals surface area contributed by atoms with Crippen LogP contribution in [0.15, 0.2) is 35.1 Å². The summed E-state index contributed by atoms with van der Waals surface area (Å²) < 4.78 is 55.9. The number of aromatic nitrogens is 2. The van der Waals surface area contributed by atoms with E-state index in [-0.39, 0.29) is 31.3 Å². The number of rotatable bonds is 11. The van der Waals surface area contributed by atoms with Crippen molar-refractivity contribution in [2.75, 3.05) is 13.2 Å². The summed E-state index contributed by atoms with van der Waals surface area (Å²) in [6.07, 6.45) is 0.735. The first-order chi connectivity index (χ1) is 17.1. The Morgan fingerprint density at radius 3 is 2.36 bits per heavy atom. The number of hydrogen-bond acceptors (Lipinski definition) is 6. The van der Waals surface area contributed by atoms with Gasteiger partial charge in [-0.1, -0.05) is 28.4 Å². The molecule has 12 heteroatoms. The van der Waals surface area contributed by atoms with Gasteiger partial charge in [-0.25, -0.2) is 4.79 Å². The molecule has 1 fully saturated rings. The van der Waals surface area contributed by atoms with Crippen molar-refractivity contribution < 1.29 is 37.1 Å². The van der Waals surface area contributed by atoms with E-state index in [1.807, 2.05) is 0 Å². The van der Waals surface area contributed by atoms with Gasteiger partial charge in [-0.3, -0.25) is 4.98 Å². The maximum atomic E-state index is 13.0. The summed E-state index contributed by atoms with van der Waals surface area (Å²) in [7, 11) is 0. The minimum atomic E-state index is -4.65. The summed E-state index contributed by atoms with van der Waals surface area (Å²) in [6, 6.07) is 2.64. The molecule has 4 rings (SSSR count). The van der Waals surface area contributed by atoms with E-state index in [1.165, 1.54) is 12.4 Å². The second-order valence-electron chi connectivity index (χ2n) is 8.31. The number of carboxylic acids is 1. The van der Waals surface area contributed by atoms with Crippen LogP contribution in [-0.4, -0.2) is 34.4 Å². The molecule has 0 saturated heterocycles. The second-order valence-corrected chi connectivity index (χ2v) is 9.12. The molecule has 0 bridgehead atoms. The lowest BCUT2D eigenvalue weighted by molar-refractivity contribution is -0.137. The van der Waals surface area contributed by atoms with Crippen LogP contribution < -0.4 is 0 Å². The second kappa shape index (κ2) is 11.2. The van der Waals surface area contributed by atoms with Gasteiger partial charge in [-0.2, -0.15) is 13.2 Å². The van der Waals surface area contributed by atoms with Crippen LogP contribution in [0.1, 0.15) is 58.0 Å². The lowest BCUT2D eigenvalue weighted by atomic mass is 10.1. The minimum absolute atomic E-state index is 0.123. The molecule has 1 aliphatic rings. The Labute approximate surface area is 214 Å². The van der Waals surface area contributed by atoms with Crippen molar-refractivity contribution in [2.24, 2.45) is 0 Å². The Bertz CT molecular complexity index is 1220. The molecule has 1 aliphatic carbocycles. The van der Waals surface area contributed by atoms with Gasteiger partial charge in [0.15, 0.2) is 0 Å². The highest BCUT2D eigenvalue weighted by Gasteiger charge is 2.34. The number of alkyl halides is 3. The third kappa shape index (κ3) is 6.36. The molecule has 0 aliphatic heterocycles. The average molecular weight is 545 g/mol. The Morgan fingerprint density at radius 2 is 1.75 bits per heavy atom. The Kier molecular flexibility index (Phi) is 8.19. The number of hydrogen-bond donors (Lipinski definition) is 1. The molecule has 3 aromatic rings. The first-order valence-corrected chi connectivity index (χ1v) is 11.8. The van der Waals surface area contributed by atoms with E-state index in [0.717, 1.165) is 36.3 Å². The maximum absolute atomic E-state index is 13.0. The highest BCUT2D eigenvalue weighted by atomic mass is 35.5. The summed E-state index contributed by atoms with van der Waals surface area (Å²) in [5, 5.41) is 13.9. The molecule has 2 heterocycles. The van der Waals surface area contributed by atoms with Gasteiger partial charge in [0.25, 0.3) is 0 Å². The summed E-state index contributed by atoms with van der Waals surface area (Å²) in [5.41, 5.74) is 0.431. The van der Waals surface area contributed by atoms with E-state index in [4.69, 9.17) is 42.3 Å². The highest BCUT2D eigenvalue weighted by molar-refractivity contribution is 6.38. The van der Waals surface area contributed by atoms with Crippen molar-refractivity contribution in [3.63, 3.8) is 0 Å². The van der Waals surface area contributed by atoms with Gasteiger partial charge < -0.3 is 19.1 Å². The smallest absolute Gasteiger partial charge is 0.416 e. The van der Waals surface area contributed by atoms with Crippen molar-refractivity contribution in [1.82, 2.24) is 10.1 Å². The molecule has 1 aromatic carbocycles. The van der Waals surface area contributed by atoms with E-state index in [0.29, 0.717) is 40.4 Å². The Hall–Kier alpha value is -2.66. The van der Waals surface area contributed by atoms with Crippen LogP contribution in [0.25, 0.3) is 11.3 Å². The number of carboxylic acid groups (broad SMARTS) is 1. The molecule has 36 heavy (non-hydrogen) atoms. The van der Waals surface area contributed by atoms with Gasteiger partial charge in [0.1, 0.15) is 11.5 Å². The maximum Gasteiger partial charge on any atom is 0.416 e. The number of halogens is 5. The predicted octanol–water partition coefficient (Wildman–Crippen LogP) is 6.76. The summed E-state index contributed by atoms with van der Waals surface area (Å²) in [6.45, 7) is 0.544. The molecule has 1 N–H and O–H groups in total. The first-order valence-electron chi connectivity index (χ1n) is 11.0. The number of ether oxygens (including phenoxy) is 2. The van der Waals surface area contributed by atoms with Gasteiger partial charge >= 0.3 is 12.1 Å². The van der Waals surface area contributed by atoms with E-state index < -0.39 is 23.3 Å². The van der Waals surface area contributed by atoms with Gasteiger partial charge in [0, 0.05) is 42.7 Å². The molecule has 2 aromatic heterocycles. The predicted molar refractivity (Wildman–Crippen MR) is 124 cm³/mol. The molecule has 0 atom stereocenters. The quantitative estimate of drug-likeness (QED) is 0.266. The van der Waals surface area contributed by atoms with Crippen molar-refractivity contribution in [3.8, 4) is 11.3 Å². The zero-order valence-corrected chi connectivity index (χ0v) is 20.3. The fourth-order valence-electron chi connectivity index (χ4n) is 3.65. The minimum Gasteiger partial charge on any atom is -0.478 e. The first kappa shape index (κ1) is 26.4. The number of pyridine rings is 1. The third-order valence-electron chi connectivity index (χ3n) is 5.52. The van der Waals surface area contributed by atoms with Crippen molar-refractivity contribution in [1.29, 1.82) is 0 Å². The SMILES string of the molecule is O=C(O)c1cc(COCCCOCc2c(-c3c(Cl)cncc3Cl)noc2C2CC2)cc(C(F)(F)F)c1. The van der Waals surface area contributed by atoms with Crippen molar-refractivity contribution in [2.45, 2.75) is 44.6 Å². The van der Waals surface area contributed by atoms with Gasteiger partial charge in [-0.05, 0) is 43.0 Å². The van der Waals surface area contributed by atoms with Crippen molar-refractivity contribution in [3.05, 3.63) is 68.7 Å². The third-order valence-corrected chi connectivity index (χ3v) is 6.09. The Balaban J connectivity index is 1.31. The van der Waals surface area contributed by atoms with Gasteiger partial charge in [0.05, 0.1) is 34.4 Å². The van der Waals surface area contributed by atoms with Crippen LogP contribution in [0.5, 0.6) is 0 Å². The molecular weight excluding hydrogens is 524 g/mol. The molecule has 0 spiro atoms. The van der Waals surface area contributed by atoms with Crippen LogP contribution in [0.3, 0.4) is 0 Å². The highest BCUT2D eigenvalue weighted by Crippen LogP contribution is 2.45. The number of benzene rings is 1. The molecular formula is C24H21Cl2F3N2O5. The van der Waals surface area contributed by atoms with Crippen LogP contribution >= 0.6 is 23.2 Å². The van der Waals surface area contributed by atoms with E-state index in [1.54, 1.807) is 0 Å². The van der Waals surface area contributed by atoms with E-state index >= 15 is 0 Å². The van der Waals surface area contributed by atoms with Crippen molar-refractivity contribution >= 4 is 29.2 Å². The topological polar surface area (TPSA) is 94.7 Å². The number of carbonyl (C=O) groups is 1. The zero-order valence-electron chi connectivity index (χ0n) is 18.8. The van der Waals surface area contributed by atoms with Gasteiger partial charge in [-0.15, -0.1) is 0 Å². The molecule has 192 valence electrons. The Morgan fingerprint density at radius 1 is 1.08 bits per heavy atom. The average Bonchev–Trinajstić information content (AvgIpc) is 3.58. The molecule has 0 amide bonds. The van der Waals surface area contributed by atoms with Gasteiger partial charge in [0.2, 0.25) is 0 Å². The van der Waals surface area contributed by atoms with Crippen LogP contribution in [0.4, 0.5) is 13.2 Å². The normalized spacial score (nSPS) is 13.8. The lowest BCUT2D eigenvalue weighted by Gasteiger charge is -2.11. The summed E-state index contributed by atoms with van der Waals surface area (Å²) in [5.74, 6) is -0.427. The van der Waals surface area contributed by atoms with Crippen LogP contribution in [0, 0.1) is 0 Å². The summed E-state index contributed by atoms with van der Waals surface area (Å²) >= 11 is 12.6. The largest absolute Gasteiger partial charge is 0.478 e. The standard InChI is InChI=1S/C24H21Cl2F3N2O5/c25-18-9-30-10-19(26)20(18)21-17(22(36-31-21)14-2-3-14)12-35-5-1-4-34-11-13-6-15(23(32)33)8-16(7-13)24(27,28)29/h6-10,14H,1-5,11-12H2,(H,32,33). The van der Waals surface area contributed by atoms with E-state index in [2.05, 4.69) is 10.1 Å². The van der Waals surface area contributed by atoms with E-state index in [9.17, 15) is 18.0 Å². The molecule has 0 radical (unpaired) electrons. The summed E-state index contributed by atoms with van der Waals surface area (Å²) in [4.78, 5) is 15.1. The lowest BCUT2D eigenvalue weighted by Crippen LogP contribution is -2.10. The monoisotopic (exact) mass is 544 g/mol. The van der Waals surface area contributed by atoms with Crippen LogP contribution in [0.2, 0.25) is 10.0 Å². The number of aromatic carboxylic acids is 1. The zero-order chi connectivity index (χ0) is 25.9. The fourth-order valence-corrected chi connectivity index (χ4v) is 4.20. The molecule has 0 unspecified atom stereocenters. The fraction of sp³-hybridized carbons (Fsp3) is 0.375. The van der Waals surface area contributed by atoms with Crippen LogP contribution in [-0.2, 0) is 28.9 Å². The number of nitrogens with zero attached hydrogens (tertiary/aromatic N) is 2. The molecule has 7 nitrogen and oxygen atoms in total. The molecule has 1 saturated carbocycles.